The maximum absolute atomic E-state index is 5.54. The molecule has 0 fully saturated rings. The molecule has 0 bridgehead atoms. The molecule has 1 aromatic heterocycles. The minimum absolute atomic E-state index is 0.257. The Morgan fingerprint density at radius 2 is 2.07 bits per heavy atom. The van der Waals surface area contributed by atoms with Crippen LogP contribution in [-0.2, 0) is 5.88 Å². The third kappa shape index (κ3) is 3.54. The maximum atomic E-state index is 5.54. The summed E-state index contributed by atoms with van der Waals surface area (Å²) in [5.74, 6) is 1.35. The number of nitrogens with one attached hydrogen (secondary N) is 1. The molecule has 80 valence electrons. The van der Waals surface area contributed by atoms with Crippen molar-refractivity contribution in [3.05, 3.63) is 5.89 Å². The van der Waals surface area contributed by atoms with Gasteiger partial charge in [-0.1, -0.05) is 18.9 Å². The highest BCUT2D eigenvalue weighted by molar-refractivity contribution is 6.16. The fraction of sp³-hybridized carbons (Fsp3) is 0.778. The van der Waals surface area contributed by atoms with Gasteiger partial charge in [0.05, 0.1) is 0 Å². The van der Waals surface area contributed by atoms with Crippen molar-refractivity contribution < 1.29 is 4.42 Å². The van der Waals surface area contributed by atoms with Crippen LogP contribution >= 0.6 is 11.6 Å². The lowest BCUT2D eigenvalue weighted by Crippen LogP contribution is -2.17. The predicted molar refractivity (Wildman–Crippen MR) is 56.4 cm³/mol. The lowest BCUT2D eigenvalue weighted by atomic mass is 10.1. The lowest BCUT2D eigenvalue weighted by Gasteiger charge is -2.13. The molecule has 0 saturated carbocycles. The standard InChI is InChI=1S/C9H16ClN3O/c1-6(2)4-7(3)11-9-13-12-8(5-10)14-9/h6-7H,4-5H2,1-3H3,(H,11,13). The van der Waals surface area contributed by atoms with E-state index in [0.717, 1.165) is 6.42 Å². The molecule has 0 aliphatic carbocycles. The molecule has 4 nitrogen and oxygen atoms in total. The van der Waals surface area contributed by atoms with Crippen molar-refractivity contribution in [2.24, 2.45) is 5.92 Å². The van der Waals surface area contributed by atoms with Crippen molar-refractivity contribution in [3.63, 3.8) is 0 Å². The Morgan fingerprint density at radius 1 is 1.36 bits per heavy atom. The van der Waals surface area contributed by atoms with Crippen molar-refractivity contribution in [1.82, 2.24) is 10.2 Å². The minimum Gasteiger partial charge on any atom is -0.407 e. The van der Waals surface area contributed by atoms with E-state index >= 15 is 0 Å². The van der Waals surface area contributed by atoms with Gasteiger partial charge in [-0.25, -0.2) is 0 Å². The van der Waals surface area contributed by atoms with Crippen LogP contribution in [0.1, 0.15) is 33.1 Å². The Morgan fingerprint density at radius 3 is 2.57 bits per heavy atom. The van der Waals surface area contributed by atoms with Gasteiger partial charge in [-0.15, -0.1) is 16.7 Å². The van der Waals surface area contributed by atoms with Gasteiger partial charge in [0.2, 0.25) is 5.89 Å². The molecular weight excluding hydrogens is 202 g/mol. The number of hydrogen-bond acceptors (Lipinski definition) is 4. The maximum Gasteiger partial charge on any atom is 0.315 e. The summed E-state index contributed by atoms with van der Waals surface area (Å²) in [6.07, 6.45) is 1.07. The summed E-state index contributed by atoms with van der Waals surface area (Å²) in [7, 11) is 0. The first-order chi connectivity index (χ1) is 6.61. The Hall–Kier alpha value is -0.770. The van der Waals surface area contributed by atoms with E-state index < -0.39 is 0 Å². The third-order valence-corrected chi connectivity index (χ3v) is 2.00. The van der Waals surface area contributed by atoms with Gasteiger partial charge in [-0.3, -0.25) is 0 Å². The van der Waals surface area contributed by atoms with Crippen LogP contribution in [-0.4, -0.2) is 16.2 Å². The van der Waals surface area contributed by atoms with Crippen LogP contribution in [0.4, 0.5) is 6.01 Å². The van der Waals surface area contributed by atoms with Crippen LogP contribution in [0.15, 0.2) is 4.42 Å². The van der Waals surface area contributed by atoms with E-state index in [1.54, 1.807) is 0 Å². The third-order valence-electron chi connectivity index (χ3n) is 1.78. The van der Waals surface area contributed by atoms with Crippen molar-refractivity contribution in [1.29, 1.82) is 0 Å². The SMILES string of the molecule is CC(C)CC(C)Nc1nnc(CCl)o1. The molecule has 1 unspecified atom stereocenters. The molecular formula is C9H16ClN3O. The molecule has 0 spiro atoms. The number of alkyl halides is 1. The number of nitrogens with zero attached hydrogens (tertiary/aromatic N) is 2. The van der Waals surface area contributed by atoms with Gasteiger partial charge in [0.1, 0.15) is 5.88 Å². The van der Waals surface area contributed by atoms with Crippen LogP contribution in [0, 0.1) is 5.92 Å². The summed E-state index contributed by atoms with van der Waals surface area (Å²) in [6.45, 7) is 6.44. The average Bonchev–Trinajstić information content (AvgIpc) is 2.50. The second-order valence-electron chi connectivity index (χ2n) is 3.81. The summed E-state index contributed by atoms with van der Waals surface area (Å²) in [6, 6.07) is 0.785. The van der Waals surface area contributed by atoms with Gasteiger partial charge < -0.3 is 9.73 Å². The quantitative estimate of drug-likeness (QED) is 0.771. The van der Waals surface area contributed by atoms with Crippen molar-refractivity contribution >= 4 is 17.6 Å². The Kier molecular flexibility index (Phi) is 4.20. The van der Waals surface area contributed by atoms with Gasteiger partial charge in [0.15, 0.2) is 0 Å². The van der Waals surface area contributed by atoms with Crippen LogP contribution < -0.4 is 5.32 Å². The summed E-state index contributed by atoms with van der Waals surface area (Å²) >= 11 is 5.54. The second-order valence-corrected chi connectivity index (χ2v) is 4.08. The topological polar surface area (TPSA) is 51.0 Å². The van der Waals surface area contributed by atoms with E-state index in [1.165, 1.54) is 0 Å². The number of halogens is 1. The number of hydrogen-bond donors (Lipinski definition) is 1. The molecule has 0 radical (unpaired) electrons. The summed E-state index contributed by atoms with van der Waals surface area (Å²) < 4.78 is 5.22. The van der Waals surface area contributed by atoms with E-state index in [9.17, 15) is 0 Å². The number of anilines is 1. The van der Waals surface area contributed by atoms with E-state index in [-0.39, 0.29) is 5.88 Å². The summed E-state index contributed by atoms with van der Waals surface area (Å²) in [5.41, 5.74) is 0. The average molecular weight is 218 g/mol. The molecule has 14 heavy (non-hydrogen) atoms. The molecule has 1 atom stereocenters. The first-order valence-corrected chi connectivity index (χ1v) is 5.30. The Balaban J connectivity index is 2.43. The molecule has 1 N–H and O–H groups in total. The monoisotopic (exact) mass is 217 g/mol. The van der Waals surface area contributed by atoms with Gasteiger partial charge in [0.25, 0.3) is 0 Å². The fourth-order valence-corrected chi connectivity index (χ4v) is 1.45. The molecule has 0 aliphatic rings. The zero-order valence-electron chi connectivity index (χ0n) is 8.75. The van der Waals surface area contributed by atoms with E-state index in [0.29, 0.717) is 23.9 Å². The van der Waals surface area contributed by atoms with Crippen LogP contribution in [0.25, 0.3) is 0 Å². The van der Waals surface area contributed by atoms with Gasteiger partial charge in [-0.05, 0) is 19.3 Å². The van der Waals surface area contributed by atoms with Crippen molar-refractivity contribution in [3.8, 4) is 0 Å². The first-order valence-electron chi connectivity index (χ1n) is 4.76. The lowest BCUT2D eigenvalue weighted by molar-refractivity contribution is 0.495. The highest BCUT2D eigenvalue weighted by atomic mass is 35.5. The Bertz CT molecular complexity index is 275. The van der Waals surface area contributed by atoms with Gasteiger partial charge >= 0.3 is 6.01 Å². The highest BCUT2D eigenvalue weighted by Gasteiger charge is 2.09. The Labute approximate surface area is 89.0 Å². The molecule has 1 aromatic rings. The largest absolute Gasteiger partial charge is 0.407 e. The minimum atomic E-state index is 0.257. The van der Waals surface area contributed by atoms with Crippen LogP contribution in [0.5, 0.6) is 0 Å². The van der Waals surface area contributed by atoms with Crippen LogP contribution in [0.3, 0.4) is 0 Å². The van der Waals surface area contributed by atoms with E-state index in [1.807, 2.05) is 0 Å². The zero-order chi connectivity index (χ0) is 10.6. The molecule has 0 amide bonds. The van der Waals surface area contributed by atoms with Crippen molar-refractivity contribution in [2.75, 3.05) is 5.32 Å². The zero-order valence-corrected chi connectivity index (χ0v) is 9.51. The molecule has 0 aliphatic heterocycles. The summed E-state index contributed by atoms with van der Waals surface area (Å²) in [4.78, 5) is 0. The summed E-state index contributed by atoms with van der Waals surface area (Å²) in [5, 5.41) is 10.7. The number of rotatable bonds is 5. The highest BCUT2D eigenvalue weighted by Crippen LogP contribution is 2.12. The van der Waals surface area contributed by atoms with E-state index in [2.05, 4.69) is 36.3 Å². The van der Waals surface area contributed by atoms with Crippen LogP contribution in [0.2, 0.25) is 0 Å². The molecule has 1 rings (SSSR count). The van der Waals surface area contributed by atoms with Crippen molar-refractivity contribution in [2.45, 2.75) is 39.1 Å². The van der Waals surface area contributed by atoms with E-state index in [4.69, 9.17) is 16.0 Å². The van der Waals surface area contributed by atoms with Gasteiger partial charge in [0, 0.05) is 6.04 Å². The molecule has 0 aromatic carbocycles. The first kappa shape index (κ1) is 11.3. The fourth-order valence-electron chi connectivity index (χ4n) is 1.34. The normalized spacial score (nSPS) is 13.2. The number of aromatic nitrogens is 2. The molecule has 0 saturated heterocycles. The van der Waals surface area contributed by atoms with Gasteiger partial charge in [-0.2, -0.15) is 0 Å². The molecule has 5 heteroatoms. The second kappa shape index (κ2) is 5.20. The predicted octanol–water partition coefficient (Wildman–Crippen LogP) is 2.65. The molecule has 1 heterocycles. The smallest absolute Gasteiger partial charge is 0.315 e.